The fourth-order valence-electron chi connectivity index (χ4n) is 3.36. The second-order valence-corrected chi connectivity index (χ2v) is 6.95. The lowest BCUT2D eigenvalue weighted by molar-refractivity contribution is -0.127. The Morgan fingerprint density at radius 2 is 1.83 bits per heavy atom. The predicted octanol–water partition coefficient (Wildman–Crippen LogP) is 2.34. The van der Waals surface area contributed by atoms with Crippen LogP contribution < -0.4 is 5.32 Å². The summed E-state index contributed by atoms with van der Waals surface area (Å²) in [6, 6.07) is 0. The van der Waals surface area contributed by atoms with E-state index in [2.05, 4.69) is 21.8 Å². The highest BCUT2D eigenvalue weighted by molar-refractivity contribution is 14.0. The fourth-order valence-corrected chi connectivity index (χ4v) is 3.36. The van der Waals surface area contributed by atoms with Crippen molar-refractivity contribution in [2.45, 2.75) is 32.6 Å². The number of rotatable bonds is 4. The zero-order valence-corrected chi connectivity index (χ0v) is 17.0. The summed E-state index contributed by atoms with van der Waals surface area (Å²) < 4.78 is 0. The van der Waals surface area contributed by atoms with Gasteiger partial charge in [0.15, 0.2) is 5.96 Å². The summed E-state index contributed by atoms with van der Waals surface area (Å²) in [4.78, 5) is 20.3. The summed E-state index contributed by atoms with van der Waals surface area (Å²) >= 11 is 0. The van der Waals surface area contributed by atoms with E-state index in [0.29, 0.717) is 6.54 Å². The highest BCUT2D eigenvalue weighted by atomic mass is 127. The van der Waals surface area contributed by atoms with Crippen LogP contribution in [-0.2, 0) is 4.79 Å². The van der Waals surface area contributed by atoms with Gasteiger partial charge < -0.3 is 15.1 Å². The summed E-state index contributed by atoms with van der Waals surface area (Å²) in [5.74, 6) is 2.50. The smallest absolute Gasteiger partial charge is 0.243 e. The number of likely N-dealkylation sites (tertiary alicyclic amines) is 1. The van der Waals surface area contributed by atoms with Crippen molar-refractivity contribution < 1.29 is 4.79 Å². The number of carbonyl (C=O) groups excluding carboxylic acids is 1. The summed E-state index contributed by atoms with van der Waals surface area (Å²) in [5, 5.41) is 3.37. The van der Waals surface area contributed by atoms with Crippen molar-refractivity contribution in [1.29, 1.82) is 0 Å². The van der Waals surface area contributed by atoms with Crippen molar-refractivity contribution in [3.63, 3.8) is 0 Å². The molecule has 1 aliphatic heterocycles. The maximum absolute atomic E-state index is 11.8. The Balaban J connectivity index is 0.00000264. The SMILES string of the molecule is C=C(C)CNC(=NCC(=O)N(C)C)N1CC2CCCCC2C1.I. The van der Waals surface area contributed by atoms with E-state index in [1.807, 2.05) is 6.92 Å². The van der Waals surface area contributed by atoms with Crippen LogP contribution in [-0.4, -0.2) is 61.9 Å². The number of guanidine groups is 1. The van der Waals surface area contributed by atoms with Gasteiger partial charge in [0.25, 0.3) is 0 Å². The molecule has 2 aliphatic rings. The van der Waals surface area contributed by atoms with Crippen molar-refractivity contribution >= 4 is 35.8 Å². The highest BCUT2D eigenvalue weighted by Gasteiger charge is 2.35. The Bertz CT molecular complexity index is 436. The second kappa shape index (κ2) is 9.49. The molecule has 5 nitrogen and oxygen atoms in total. The van der Waals surface area contributed by atoms with Crippen molar-refractivity contribution in [2.24, 2.45) is 16.8 Å². The van der Waals surface area contributed by atoms with Gasteiger partial charge in [-0.15, -0.1) is 24.0 Å². The molecule has 2 atom stereocenters. The van der Waals surface area contributed by atoms with Gasteiger partial charge in [0.2, 0.25) is 5.91 Å². The number of carbonyl (C=O) groups is 1. The molecule has 1 N–H and O–H groups in total. The molecule has 2 fully saturated rings. The maximum atomic E-state index is 11.8. The van der Waals surface area contributed by atoms with Crippen LogP contribution in [0, 0.1) is 11.8 Å². The van der Waals surface area contributed by atoms with Crippen molar-refractivity contribution in [3.8, 4) is 0 Å². The first kappa shape index (κ1) is 20.3. The van der Waals surface area contributed by atoms with Gasteiger partial charge in [-0.2, -0.15) is 0 Å². The van der Waals surface area contributed by atoms with Gasteiger partial charge in [-0.3, -0.25) is 4.79 Å². The van der Waals surface area contributed by atoms with Crippen LogP contribution in [0.15, 0.2) is 17.1 Å². The van der Waals surface area contributed by atoms with Crippen molar-refractivity contribution in [1.82, 2.24) is 15.1 Å². The largest absolute Gasteiger partial charge is 0.353 e. The van der Waals surface area contributed by atoms with E-state index in [-0.39, 0.29) is 36.4 Å². The van der Waals surface area contributed by atoms with Crippen LogP contribution in [0.4, 0.5) is 0 Å². The van der Waals surface area contributed by atoms with Crippen LogP contribution in [0.2, 0.25) is 0 Å². The van der Waals surface area contributed by atoms with Crippen LogP contribution in [0.5, 0.6) is 0 Å². The van der Waals surface area contributed by atoms with Gasteiger partial charge in [0, 0.05) is 33.7 Å². The number of nitrogens with zero attached hydrogens (tertiary/aromatic N) is 3. The molecule has 0 spiro atoms. The first-order valence-electron chi connectivity index (χ1n) is 8.35. The van der Waals surface area contributed by atoms with Gasteiger partial charge in [-0.1, -0.05) is 25.0 Å². The minimum absolute atomic E-state index is 0. The number of hydrogen-bond acceptors (Lipinski definition) is 2. The van der Waals surface area contributed by atoms with Crippen molar-refractivity contribution in [2.75, 3.05) is 40.3 Å². The Morgan fingerprint density at radius 3 is 2.30 bits per heavy atom. The normalized spacial score (nSPS) is 23.8. The standard InChI is InChI=1S/C17H30N4O.HI/c1-13(2)9-18-17(19-10-16(22)20(3)4)21-11-14-7-5-6-8-15(14)12-21;/h14-15H,1,5-12H2,2-4H3,(H,18,19);1H. The molecule has 0 aromatic carbocycles. The quantitative estimate of drug-likeness (QED) is 0.320. The molecule has 1 amide bonds. The molecule has 2 rings (SSSR count). The average Bonchev–Trinajstić information content (AvgIpc) is 2.90. The molecule has 2 unspecified atom stereocenters. The van der Waals surface area contributed by atoms with Gasteiger partial charge in [-0.05, 0) is 31.6 Å². The minimum Gasteiger partial charge on any atom is -0.353 e. The molecule has 0 aromatic rings. The zero-order chi connectivity index (χ0) is 16.1. The molecule has 6 heteroatoms. The molecule has 132 valence electrons. The number of fused-ring (bicyclic) bond motifs is 1. The number of nitrogens with one attached hydrogen (secondary N) is 1. The van der Waals surface area contributed by atoms with Gasteiger partial charge in [-0.25, -0.2) is 4.99 Å². The molecule has 0 aromatic heterocycles. The Morgan fingerprint density at radius 1 is 1.26 bits per heavy atom. The van der Waals surface area contributed by atoms with E-state index in [9.17, 15) is 4.79 Å². The first-order valence-corrected chi connectivity index (χ1v) is 8.35. The molecular weight excluding hydrogens is 403 g/mol. The predicted molar refractivity (Wildman–Crippen MR) is 106 cm³/mol. The Kier molecular flexibility index (Phi) is 8.36. The Labute approximate surface area is 157 Å². The highest BCUT2D eigenvalue weighted by Crippen LogP contribution is 2.35. The second-order valence-electron chi connectivity index (χ2n) is 6.95. The third-order valence-electron chi connectivity index (χ3n) is 4.69. The van der Waals surface area contributed by atoms with Gasteiger partial charge in [0.05, 0.1) is 0 Å². The molecule has 0 bridgehead atoms. The summed E-state index contributed by atoms with van der Waals surface area (Å²) in [6.45, 7) is 9.00. The van der Waals surface area contributed by atoms with Gasteiger partial charge >= 0.3 is 0 Å². The molecule has 0 radical (unpaired) electrons. The lowest BCUT2D eigenvalue weighted by Crippen LogP contribution is -2.41. The zero-order valence-electron chi connectivity index (χ0n) is 14.7. The summed E-state index contributed by atoms with van der Waals surface area (Å²) in [5.41, 5.74) is 1.07. The van der Waals surface area contributed by atoms with E-state index >= 15 is 0 Å². The van der Waals surface area contributed by atoms with E-state index < -0.39 is 0 Å². The summed E-state index contributed by atoms with van der Waals surface area (Å²) in [6.07, 6.45) is 5.40. The monoisotopic (exact) mass is 434 g/mol. The van der Waals surface area contributed by atoms with Crippen LogP contribution in [0.3, 0.4) is 0 Å². The number of amides is 1. The molecule has 1 heterocycles. The van der Waals surface area contributed by atoms with Crippen molar-refractivity contribution in [3.05, 3.63) is 12.2 Å². The number of likely N-dealkylation sites (N-methyl/N-ethyl adjacent to an activating group) is 1. The van der Waals surface area contributed by atoms with Crippen LogP contribution >= 0.6 is 24.0 Å². The lowest BCUT2D eigenvalue weighted by atomic mass is 9.82. The number of halogens is 1. The number of aliphatic imine (C=N–C) groups is 1. The van der Waals surface area contributed by atoms with Crippen LogP contribution in [0.25, 0.3) is 0 Å². The molecule has 1 saturated heterocycles. The van der Waals surface area contributed by atoms with E-state index in [4.69, 9.17) is 0 Å². The van der Waals surface area contributed by atoms with E-state index in [0.717, 1.165) is 36.5 Å². The molecule has 1 saturated carbocycles. The first-order chi connectivity index (χ1) is 10.5. The maximum Gasteiger partial charge on any atom is 0.243 e. The van der Waals surface area contributed by atoms with E-state index in [1.165, 1.54) is 25.7 Å². The summed E-state index contributed by atoms with van der Waals surface area (Å²) in [7, 11) is 3.53. The number of hydrogen-bond donors (Lipinski definition) is 1. The topological polar surface area (TPSA) is 47.9 Å². The average molecular weight is 434 g/mol. The molecular formula is C17H31IN4O. The Hall–Kier alpha value is -0.790. The molecule has 23 heavy (non-hydrogen) atoms. The van der Waals surface area contributed by atoms with Crippen LogP contribution in [0.1, 0.15) is 32.6 Å². The van der Waals surface area contributed by atoms with Gasteiger partial charge in [0.1, 0.15) is 6.54 Å². The lowest BCUT2D eigenvalue weighted by Gasteiger charge is -2.22. The van der Waals surface area contributed by atoms with E-state index in [1.54, 1.807) is 19.0 Å². The third-order valence-corrected chi connectivity index (χ3v) is 4.69. The fraction of sp³-hybridized carbons (Fsp3) is 0.765. The molecule has 1 aliphatic carbocycles. The third kappa shape index (κ3) is 5.97. The minimum atomic E-state index is 0.